The highest BCUT2D eigenvalue weighted by Gasteiger charge is 2.19. The Balaban J connectivity index is 1.33. The summed E-state index contributed by atoms with van der Waals surface area (Å²) in [5.41, 5.74) is 14.5. The smallest absolute Gasteiger partial charge is 0.0541 e. The van der Waals surface area contributed by atoms with Crippen molar-refractivity contribution < 1.29 is 0 Å². The number of hydrogen-bond donors (Lipinski definition) is 0. The summed E-state index contributed by atoms with van der Waals surface area (Å²) in [5, 5.41) is 2.52. The van der Waals surface area contributed by atoms with Crippen molar-refractivity contribution in [3.05, 3.63) is 200 Å². The Labute approximate surface area is 302 Å². The fourth-order valence-electron chi connectivity index (χ4n) is 6.88. The molecule has 6 aromatic carbocycles. The average molecular weight is 661 g/mol. The van der Waals surface area contributed by atoms with Gasteiger partial charge in [-0.05, 0) is 118 Å². The van der Waals surface area contributed by atoms with E-state index in [2.05, 4.69) is 203 Å². The Kier molecular flexibility index (Phi) is 8.93. The van der Waals surface area contributed by atoms with E-state index >= 15 is 0 Å². The second kappa shape index (κ2) is 13.7. The number of rotatable bonds is 9. The van der Waals surface area contributed by atoms with Crippen LogP contribution < -0.4 is 4.90 Å². The highest BCUT2D eigenvalue weighted by molar-refractivity contribution is 6.10. The van der Waals surface area contributed by atoms with Crippen LogP contribution in [-0.4, -0.2) is 4.57 Å². The van der Waals surface area contributed by atoms with Crippen LogP contribution in [0, 0.1) is 0 Å². The topological polar surface area (TPSA) is 8.17 Å². The number of nitrogens with zero attached hydrogens (tertiary/aromatic N) is 2. The standard InChI is InChI=1S/C49H44N2/c1-8-34(2)35(3)30-36(4)50(44-21-15-18-39(31-44)37-16-11-9-12-17-37)43-26-22-38(23-27-43)40-24-28-47-45(32-40)46-33-41(49(5,6)7)25-29-48(46)51(47)42-19-13-10-14-20-42/h8-33H,1-3H2,4-7H3/b36-30+. The van der Waals surface area contributed by atoms with Crippen LogP contribution in [0.1, 0.15) is 33.3 Å². The first-order chi connectivity index (χ1) is 24.6. The van der Waals surface area contributed by atoms with E-state index in [0.29, 0.717) is 0 Å². The molecule has 0 aliphatic rings. The van der Waals surface area contributed by atoms with Gasteiger partial charge in [0.1, 0.15) is 0 Å². The van der Waals surface area contributed by atoms with E-state index in [-0.39, 0.29) is 5.41 Å². The summed E-state index contributed by atoms with van der Waals surface area (Å²) in [6.07, 6.45) is 3.83. The second-order valence-electron chi connectivity index (χ2n) is 14.2. The van der Waals surface area contributed by atoms with Crippen molar-refractivity contribution in [2.45, 2.75) is 33.1 Å². The number of para-hydroxylation sites is 1. The van der Waals surface area contributed by atoms with Crippen LogP contribution in [0.25, 0.3) is 49.7 Å². The lowest BCUT2D eigenvalue weighted by Crippen LogP contribution is -2.14. The molecule has 51 heavy (non-hydrogen) atoms. The van der Waals surface area contributed by atoms with Crippen molar-refractivity contribution in [2.75, 3.05) is 4.90 Å². The predicted octanol–water partition coefficient (Wildman–Crippen LogP) is 13.8. The summed E-state index contributed by atoms with van der Waals surface area (Å²) < 4.78 is 2.38. The zero-order valence-corrected chi connectivity index (χ0v) is 30.0. The number of benzene rings is 6. The average Bonchev–Trinajstić information content (AvgIpc) is 3.48. The van der Waals surface area contributed by atoms with Crippen LogP contribution in [0.4, 0.5) is 11.4 Å². The predicted molar refractivity (Wildman–Crippen MR) is 221 cm³/mol. The van der Waals surface area contributed by atoms with E-state index in [4.69, 9.17) is 0 Å². The normalized spacial score (nSPS) is 11.9. The third-order valence-corrected chi connectivity index (χ3v) is 9.71. The number of aromatic nitrogens is 1. The molecule has 0 fully saturated rings. The first-order valence-corrected chi connectivity index (χ1v) is 17.5. The Morgan fingerprint density at radius 2 is 1.14 bits per heavy atom. The van der Waals surface area contributed by atoms with E-state index < -0.39 is 0 Å². The van der Waals surface area contributed by atoms with Gasteiger partial charge in [0.2, 0.25) is 0 Å². The highest BCUT2D eigenvalue weighted by Crippen LogP contribution is 2.39. The van der Waals surface area contributed by atoms with Gasteiger partial charge in [-0.25, -0.2) is 0 Å². The molecule has 0 atom stereocenters. The molecule has 0 unspecified atom stereocenters. The molecule has 0 spiro atoms. The summed E-state index contributed by atoms with van der Waals surface area (Å²) in [5.74, 6) is 0. The van der Waals surface area contributed by atoms with Gasteiger partial charge in [0.25, 0.3) is 0 Å². The molecule has 7 rings (SSSR count). The van der Waals surface area contributed by atoms with Crippen molar-refractivity contribution in [3.63, 3.8) is 0 Å². The lowest BCUT2D eigenvalue weighted by Gasteiger charge is -2.27. The van der Waals surface area contributed by atoms with Gasteiger partial charge in [-0.2, -0.15) is 0 Å². The first-order valence-electron chi connectivity index (χ1n) is 17.5. The Hall–Kier alpha value is -6.12. The van der Waals surface area contributed by atoms with E-state index in [1.165, 1.54) is 38.5 Å². The molecule has 0 saturated heterocycles. The van der Waals surface area contributed by atoms with Crippen LogP contribution in [0.3, 0.4) is 0 Å². The van der Waals surface area contributed by atoms with Crippen LogP contribution >= 0.6 is 0 Å². The van der Waals surface area contributed by atoms with Crippen molar-refractivity contribution in [2.24, 2.45) is 0 Å². The zero-order chi connectivity index (χ0) is 35.7. The zero-order valence-electron chi connectivity index (χ0n) is 30.0. The lowest BCUT2D eigenvalue weighted by atomic mass is 9.86. The van der Waals surface area contributed by atoms with Crippen LogP contribution in [-0.2, 0) is 5.41 Å². The summed E-state index contributed by atoms with van der Waals surface area (Å²) in [6, 6.07) is 52.5. The number of anilines is 2. The molecule has 0 bridgehead atoms. The second-order valence-corrected chi connectivity index (χ2v) is 14.2. The minimum Gasteiger partial charge on any atom is -0.314 e. The Bertz CT molecular complexity index is 2430. The molecule has 0 aliphatic carbocycles. The fraction of sp³-hybridized carbons (Fsp3) is 0.102. The molecule has 1 heterocycles. The van der Waals surface area contributed by atoms with Gasteiger partial charge in [0, 0.05) is 33.5 Å². The van der Waals surface area contributed by atoms with Crippen molar-refractivity contribution in [1.29, 1.82) is 0 Å². The molecule has 0 aliphatic heterocycles. The van der Waals surface area contributed by atoms with Crippen molar-refractivity contribution in [1.82, 2.24) is 4.57 Å². The maximum absolute atomic E-state index is 4.26. The van der Waals surface area contributed by atoms with E-state index in [9.17, 15) is 0 Å². The largest absolute Gasteiger partial charge is 0.314 e. The number of fused-ring (bicyclic) bond motifs is 3. The summed E-state index contributed by atoms with van der Waals surface area (Å²) >= 11 is 0. The fourth-order valence-corrected chi connectivity index (χ4v) is 6.88. The first kappa shape index (κ1) is 33.4. The molecule has 0 amide bonds. The highest BCUT2D eigenvalue weighted by atomic mass is 15.1. The summed E-state index contributed by atoms with van der Waals surface area (Å²) in [7, 11) is 0. The Morgan fingerprint density at radius 1 is 0.569 bits per heavy atom. The molecule has 1 aromatic heterocycles. The SMILES string of the molecule is C=CC(=C)C(=C)/C=C(\C)N(c1ccc(-c2ccc3c(c2)c2cc(C(C)(C)C)ccc2n3-c2ccccc2)cc1)c1cccc(-c2ccccc2)c1. The van der Waals surface area contributed by atoms with Gasteiger partial charge >= 0.3 is 0 Å². The molecule has 250 valence electrons. The van der Waals surface area contributed by atoms with Crippen molar-refractivity contribution in [3.8, 4) is 27.9 Å². The van der Waals surface area contributed by atoms with E-state index in [1.54, 1.807) is 6.08 Å². The van der Waals surface area contributed by atoms with Gasteiger partial charge in [0.15, 0.2) is 0 Å². The molecular formula is C49H44N2. The summed E-state index contributed by atoms with van der Waals surface area (Å²) in [6.45, 7) is 21.2. The molecule has 0 N–H and O–H groups in total. The molecule has 2 nitrogen and oxygen atoms in total. The van der Waals surface area contributed by atoms with E-state index in [0.717, 1.165) is 45.0 Å². The molecular weight excluding hydrogens is 617 g/mol. The van der Waals surface area contributed by atoms with Gasteiger partial charge in [0.05, 0.1) is 11.0 Å². The minimum absolute atomic E-state index is 0.0488. The third-order valence-electron chi connectivity index (χ3n) is 9.71. The van der Waals surface area contributed by atoms with Gasteiger partial charge in [-0.3, -0.25) is 0 Å². The van der Waals surface area contributed by atoms with Gasteiger partial charge in [-0.15, -0.1) is 0 Å². The van der Waals surface area contributed by atoms with Crippen LogP contribution in [0.15, 0.2) is 194 Å². The quantitative estimate of drug-likeness (QED) is 0.140. The molecule has 7 aromatic rings. The lowest BCUT2D eigenvalue weighted by molar-refractivity contribution is 0.591. The molecule has 0 saturated carbocycles. The van der Waals surface area contributed by atoms with Gasteiger partial charge in [-0.1, -0.05) is 132 Å². The summed E-state index contributed by atoms with van der Waals surface area (Å²) in [4.78, 5) is 2.28. The molecule has 2 heteroatoms. The van der Waals surface area contributed by atoms with Crippen LogP contribution in [0.2, 0.25) is 0 Å². The van der Waals surface area contributed by atoms with Crippen LogP contribution in [0.5, 0.6) is 0 Å². The number of hydrogen-bond acceptors (Lipinski definition) is 1. The monoisotopic (exact) mass is 660 g/mol. The number of allylic oxidation sites excluding steroid dienone is 5. The van der Waals surface area contributed by atoms with E-state index in [1.807, 2.05) is 6.07 Å². The maximum Gasteiger partial charge on any atom is 0.0541 e. The van der Waals surface area contributed by atoms with Crippen molar-refractivity contribution >= 4 is 33.2 Å². The van der Waals surface area contributed by atoms with Gasteiger partial charge < -0.3 is 9.47 Å². The molecule has 0 radical (unpaired) electrons. The minimum atomic E-state index is 0.0488. The Morgan fingerprint density at radius 3 is 1.80 bits per heavy atom. The third kappa shape index (κ3) is 6.61. The maximum atomic E-state index is 4.26.